The van der Waals surface area contributed by atoms with Crippen molar-refractivity contribution in [1.29, 1.82) is 0 Å². The molecular weight excluding hydrogens is 370 g/mol. The van der Waals surface area contributed by atoms with E-state index in [0.717, 1.165) is 38.5 Å². The van der Waals surface area contributed by atoms with Crippen molar-refractivity contribution in [2.45, 2.75) is 12.5 Å². The van der Waals surface area contributed by atoms with Gasteiger partial charge in [-0.05, 0) is 39.6 Å². The summed E-state index contributed by atoms with van der Waals surface area (Å²) in [7, 11) is 0. The van der Waals surface area contributed by atoms with Gasteiger partial charge >= 0.3 is 0 Å². The predicted octanol–water partition coefficient (Wildman–Crippen LogP) is 5.16. The van der Waals surface area contributed by atoms with Gasteiger partial charge < -0.3 is 10.3 Å². The number of carbonyl (C=O) groups excluding carboxylic acids is 1. The number of aromatic amines is 1. The van der Waals surface area contributed by atoms with Gasteiger partial charge in [-0.25, -0.2) is 4.98 Å². The summed E-state index contributed by atoms with van der Waals surface area (Å²) in [6.45, 7) is 0. The summed E-state index contributed by atoms with van der Waals surface area (Å²) in [4.78, 5) is 20.5. The molecular formula is C26H21N3O. The van der Waals surface area contributed by atoms with E-state index < -0.39 is 0 Å². The Morgan fingerprint density at radius 3 is 2.57 bits per heavy atom. The maximum absolute atomic E-state index is 13.1. The van der Waals surface area contributed by atoms with Crippen molar-refractivity contribution >= 4 is 27.7 Å². The van der Waals surface area contributed by atoms with E-state index in [9.17, 15) is 4.79 Å². The van der Waals surface area contributed by atoms with Crippen LogP contribution in [0.5, 0.6) is 0 Å². The van der Waals surface area contributed by atoms with E-state index in [2.05, 4.69) is 39.6 Å². The largest absolute Gasteiger partial charge is 0.345 e. The van der Waals surface area contributed by atoms with Crippen LogP contribution in [0.2, 0.25) is 0 Å². The first kappa shape index (κ1) is 18.1. The van der Waals surface area contributed by atoms with Gasteiger partial charge in [0.05, 0.1) is 29.8 Å². The second-order valence-electron chi connectivity index (χ2n) is 7.41. The first-order valence-electron chi connectivity index (χ1n) is 10.0. The van der Waals surface area contributed by atoms with Gasteiger partial charge in [-0.1, -0.05) is 78.9 Å². The number of nitrogens with one attached hydrogen (secondary N) is 2. The number of amides is 1. The van der Waals surface area contributed by atoms with Crippen molar-refractivity contribution < 1.29 is 4.79 Å². The normalized spacial score (nSPS) is 12.1. The van der Waals surface area contributed by atoms with Crippen LogP contribution < -0.4 is 5.32 Å². The SMILES string of the molecule is O=C(Cc1cccc2ccccc12)NC(c1ccccc1)c1ccc2nc[nH]c2c1. The molecule has 146 valence electrons. The Morgan fingerprint density at radius 1 is 0.867 bits per heavy atom. The van der Waals surface area contributed by atoms with Crippen LogP contribution in [0.15, 0.2) is 97.3 Å². The molecule has 0 aliphatic heterocycles. The highest BCUT2D eigenvalue weighted by atomic mass is 16.1. The third-order valence-electron chi connectivity index (χ3n) is 5.45. The molecule has 4 nitrogen and oxygen atoms in total. The molecule has 1 heterocycles. The second-order valence-corrected chi connectivity index (χ2v) is 7.41. The number of imidazole rings is 1. The third-order valence-corrected chi connectivity index (χ3v) is 5.45. The summed E-state index contributed by atoms with van der Waals surface area (Å²) in [6.07, 6.45) is 2.02. The molecule has 0 radical (unpaired) electrons. The van der Waals surface area contributed by atoms with Crippen molar-refractivity contribution in [3.8, 4) is 0 Å². The monoisotopic (exact) mass is 391 g/mol. The minimum atomic E-state index is -0.235. The van der Waals surface area contributed by atoms with E-state index in [0.29, 0.717) is 6.42 Å². The highest BCUT2D eigenvalue weighted by Crippen LogP contribution is 2.25. The van der Waals surface area contributed by atoms with Crippen LogP contribution >= 0.6 is 0 Å². The van der Waals surface area contributed by atoms with Crippen molar-refractivity contribution in [1.82, 2.24) is 15.3 Å². The number of hydrogen-bond acceptors (Lipinski definition) is 2. The number of nitrogens with zero attached hydrogens (tertiary/aromatic N) is 1. The minimum Gasteiger partial charge on any atom is -0.345 e. The Balaban J connectivity index is 1.46. The number of H-pyrrole nitrogens is 1. The Kier molecular flexibility index (Phi) is 4.74. The lowest BCUT2D eigenvalue weighted by Crippen LogP contribution is -2.30. The van der Waals surface area contributed by atoms with Crippen molar-refractivity contribution in [3.05, 3.63) is 114 Å². The predicted molar refractivity (Wildman–Crippen MR) is 120 cm³/mol. The fourth-order valence-electron chi connectivity index (χ4n) is 3.97. The molecule has 4 heteroatoms. The lowest BCUT2D eigenvalue weighted by molar-refractivity contribution is -0.120. The zero-order chi connectivity index (χ0) is 20.3. The summed E-state index contributed by atoms with van der Waals surface area (Å²) in [5.41, 5.74) is 4.96. The van der Waals surface area contributed by atoms with Crippen molar-refractivity contribution in [2.24, 2.45) is 0 Å². The summed E-state index contributed by atoms with van der Waals surface area (Å²) < 4.78 is 0. The topological polar surface area (TPSA) is 57.8 Å². The lowest BCUT2D eigenvalue weighted by atomic mass is 9.97. The van der Waals surface area contributed by atoms with Gasteiger partial charge in [-0.3, -0.25) is 4.79 Å². The summed E-state index contributed by atoms with van der Waals surface area (Å²) in [5, 5.41) is 5.51. The molecule has 1 amide bonds. The maximum Gasteiger partial charge on any atom is 0.225 e. The van der Waals surface area contributed by atoms with E-state index in [1.54, 1.807) is 6.33 Å². The van der Waals surface area contributed by atoms with Crippen LogP contribution in [0, 0.1) is 0 Å². The van der Waals surface area contributed by atoms with Gasteiger partial charge in [0.2, 0.25) is 5.91 Å². The number of rotatable bonds is 5. The molecule has 1 aromatic heterocycles. The van der Waals surface area contributed by atoms with Gasteiger partial charge in [-0.15, -0.1) is 0 Å². The van der Waals surface area contributed by atoms with E-state index in [-0.39, 0.29) is 11.9 Å². The van der Waals surface area contributed by atoms with E-state index in [1.807, 2.05) is 66.7 Å². The Labute approximate surface area is 174 Å². The number of hydrogen-bond donors (Lipinski definition) is 2. The molecule has 1 atom stereocenters. The molecule has 0 saturated heterocycles. The highest BCUT2D eigenvalue weighted by Gasteiger charge is 2.18. The molecule has 5 aromatic rings. The first-order valence-corrected chi connectivity index (χ1v) is 10.0. The third kappa shape index (κ3) is 3.55. The van der Waals surface area contributed by atoms with Crippen LogP contribution in [0.25, 0.3) is 21.8 Å². The molecule has 4 aromatic carbocycles. The molecule has 0 fully saturated rings. The zero-order valence-electron chi connectivity index (χ0n) is 16.4. The number of carbonyl (C=O) groups is 1. The maximum atomic E-state index is 13.1. The zero-order valence-corrected chi connectivity index (χ0v) is 16.4. The quantitative estimate of drug-likeness (QED) is 0.434. The van der Waals surface area contributed by atoms with Gasteiger partial charge in [0, 0.05) is 0 Å². The fraction of sp³-hybridized carbons (Fsp3) is 0.0769. The molecule has 30 heavy (non-hydrogen) atoms. The number of benzene rings is 4. The number of aromatic nitrogens is 2. The van der Waals surface area contributed by atoms with Gasteiger partial charge in [0.25, 0.3) is 0 Å². The van der Waals surface area contributed by atoms with Gasteiger partial charge in [0.15, 0.2) is 0 Å². The Bertz CT molecular complexity index is 1320. The Morgan fingerprint density at radius 2 is 1.67 bits per heavy atom. The minimum absolute atomic E-state index is 0.00934. The molecule has 5 rings (SSSR count). The first-order chi connectivity index (χ1) is 14.8. The summed E-state index contributed by atoms with van der Waals surface area (Å²) >= 11 is 0. The van der Waals surface area contributed by atoms with Crippen molar-refractivity contribution in [3.63, 3.8) is 0 Å². The molecule has 0 saturated carbocycles. The molecule has 2 N–H and O–H groups in total. The molecule has 0 aliphatic carbocycles. The van der Waals surface area contributed by atoms with Crippen LogP contribution in [0.4, 0.5) is 0 Å². The van der Waals surface area contributed by atoms with Crippen LogP contribution in [-0.4, -0.2) is 15.9 Å². The molecule has 0 bridgehead atoms. The summed E-state index contributed by atoms with van der Waals surface area (Å²) in [6, 6.07) is 30.2. The molecule has 0 spiro atoms. The average Bonchev–Trinajstić information content (AvgIpc) is 3.26. The van der Waals surface area contributed by atoms with Crippen LogP contribution in [-0.2, 0) is 11.2 Å². The fourth-order valence-corrected chi connectivity index (χ4v) is 3.97. The average molecular weight is 391 g/mol. The van der Waals surface area contributed by atoms with Crippen LogP contribution in [0.1, 0.15) is 22.7 Å². The van der Waals surface area contributed by atoms with Crippen LogP contribution in [0.3, 0.4) is 0 Å². The standard InChI is InChI=1S/C26H21N3O/c30-25(16-20-11-6-10-18-7-4-5-12-22(18)20)29-26(19-8-2-1-3-9-19)21-13-14-23-24(15-21)28-17-27-23/h1-15,17,26H,16H2,(H,27,28)(H,29,30). The smallest absolute Gasteiger partial charge is 0.225 e. The Hall–Kier alpha value is -3.92. The van der Waals surface area contributed by atoms with Gasteiger partial charge in [-0.2, -0.15) is 0 Å². The molecule has 0 aliphatic rings. The van der Waals surface area contributed by atoms with E-state index in [1.165, 1.54) is 0 Å². The van der Waals surface area contributed by atoms with E-state index in [4.69, 9.17) is 0 Å². The molecule has 1 unspecified atom stereocenters. The number of fused-ring (bicyclic) bond motifs is 2. The lowest BCUT2D eigenvalue weighted by Gasteiger charge is -2.20. The van der Waals surface area contributed by atoms with Gasteiger partial charge in [0.1, 0.15) is 0 Å². The van der Waals surface area contributed by atoms with E-state index >= 15 is 0 Å². The highest BCUT2D eigenvalue weighted by molar-refractivity contribution is 5.90. The summed E-state index contributed by atoms with van der Waals surface area (Å²) in [5.74, 6) is -0.00934. The second kappa shape index (κ2) is 7.84. The van der Waals surface area contributed by atoms with Crippen molar-refractivity contribution in [2.75, 3.05) is 0 Å².